The predicted molar refractivity (Wildman–Crippen MR) is 76.3 cm³/mol. The minimum absolute atomic E-state index is 0.0182. The molecule has 0 aliphatic carbocycles. The van der Waals surface area contributed by atoms with Crippen LogP contribution in [0.25, 0.3) is 0 Å². The molecule has 1 aliphatic rings. The Morgan fingerprint density at radius 3 is 2.85 bits per heavy atom. The van der Waals surface area contributed by atoms with Gasteiger partial charge in [-0.25, -0.2) is 0 Å². The first kappa shape index (κ1) is 14.6. The summed E-state index contributed by atoms with van der Waals surface area (Å²) in [6.07, 6.45) is 1.01. The number of aliphatic hydroxyl groups is 1. The Bertz CT molecular complexity index is 490. The first-order valence-corrected chi connectivity index (χ1v) is 6.86. The maximum Gasteiger partial charge on any atom is 0.333 e. The van der Waals surface area contributed by atoms with Crippen LogP contribution in [0, 0.1) is 10.1 Å². The highest BCUT2D eigenvalue weighted by atomic mass is 16.6. The number of β-amino-alcohol motifs (C(OH)–C–C–N with tert-alkyl or cyclic N) is 1. The van der Waals surface area contributed by atoms with Gasteiger partial charge < -0.3 is 14.7 Å². The Labute approximate surface area is 118 Å². The molecule has 110 valence electrons. The lowest BCUT2D eigenvalue weighted by Gasteiger charge is -2.31. The zero-order valence-electron chi connectivity index (χ0n) is 11.8. The van der Waals surface area contributed by atoms with Gasteiger partial charge in [0.15, 0.2) is 5.75 Å². The lowest BCUT2D eigenvalue weighted by atomic mass is 10.1. The van der Waals surface area contributed by atoms with Crippen LogP contribution in [0.4, 0.5) is 11.4 Å². The van der Waals surface area contributed by atoms with Crippen molar-refractivity contribution in [1.29, 1.82) is 0 Å². The van der Waals surface area contributed by atoms with Gasteiger partial charge in [-0.3, -0.25) is 10.1 Å². The number of ether oxygens (including phenoxy) is 1. The van der Waals surface area contributed by atoms with Crippen LogP contribution >= 0.6 is 0 Å². The van der Waals surface area contributed by atoms with E-state index in [1.807, 2.05) is 18.7 Å². The summed E-state index contributed by atoms with van der Waals surface area (Å²) in [4.78, 5) is 12.8. The summed E-state index contributed by atoms with van der Waals surface area (Å²) in [5.41, 5.74) is 0.502. The van der Waals surface area contributed by atoms with Crippen LogP contribution in [-0.2, 0) is 0 Å². The number of nitro groups is 1. The van der Waals surface area contributed by atoms with Crippen molar-refractivity contribution in [2.75, 3.05) is 18.0 Å². The highest BCUT2D eigenvalue weighted by molar-refractivity contribution is 5.70. The maximum absolute atomic E-state index is 11.4. The molecule has 1 heterocycles. The van der Waals surface area contributed by atoms with E-state index in [0.717, 1.165) is 12.8 Å². The zero-order valence-corrected chi connectivity index (χ0v) is 11.8. The Morgan fingerprint density at radius 1 is 1.50 bits per heavy atom. The molecule has 1 aromatic rings. The summed E-state index contributed by atoms with van der Waals surface area (Å²) in [6.45, 7) is 4.80. The average molecular weight is 280 g/mol. The number of nitrogens with zero attached hydrogens (tertiary/aromatic N) is 2. The summed E-state index contributed by atoms with van der Waals surface area (Å²) in [6, 6.07) is 5.08. The molecule has 0 unspecified atom stereocenters. The summed E-state index contributed by atoms with van der Waals surface area (Å²) in [7, 11) is 0. The number of aliphatic hydroxyl groups excluding tert-OH is 1. The molecular formula is C14H20N2O4. The second kappa shape index (κ2) is 6.09. The topological polar surface area (TPSA) is 75.8 Å². The van der Waals surface area contributed by atoms with E-state index in [-0.39, 0.29) is 17.5 Å². The van der Waals surface area contributed by atoms with Crippen molar-refractivity contribution < 1.29 is 14.8 Å². The number of hydrogen-bond acceptors (Lipinski definition) is 5. The Hall–Kier alpha value is -1.82. The molecule has 1 aromatic carbocycles. The van der Waals surface area contributed by atoms with Gasteiger partial charge in [-0.15, -0.1) is 0 Å². The van der Waals surface area contributed by atoms with Crippen molar-refractivity contribution in [3.63, 3.8) is 0 Å². The number of para-hydroxylation sites is 1. The van der Waals surface area contributed by atoms with Gasteiger partial charge in [-0.05, 0) is 38.8 Å². The first-order chi connectivity index (χ1) is 9.49. The van der Waals surface area contributed by atoms with Gasteiger partial charge in [0, 0.05) is 13.1 Å². The molecule has 0 radical (unpaired) electrons. The van der Waals surface area contributed by atoms with Gasteiger partial charge >= 0.3 is 5.69 Å². The Morgan fingerprint density at radius 2 is 2.25 bits per heavy atom. The SMILES string of the molecule is CC(C)Oc1cccc(N2CCC[C@H](O)C2)c1[N+](=O)[O-]. The quantitative estimate of drug-likeness (QED) is 0.676. The molecule has 0 amide bonds. The largest absolute Gasteiger partial charge is 0.484 e. The molecule has 0 aromatic heterocycles. The van der Waals surface area contributed by atoms with E-state index in [1.165, 1.54) is 0 Å². The van der Waals surface area contributed by atoms with Gasteiger partial charge in [0.1, 0.15) is 5.69 Å². The van der Waals surface area contributed by atoms with Crippen molar-refractivity contribution in [1.82, 2.24) is 0 Å². The standard InChI is InChI=1S/C14H20N2O4/c1-10(2)20-13-7-3-6-12(14(13)16(18)19)15-8-4-5-11(17)9-15/h3,6-7,10-11,17H,4-5,8-9H2,1-2H3/t11-/m0/s1. The van der Waals surface area contributed by atoms with Crippen LogP contribution in [0.1, 0.15) is 26.7 Å². The second-order valence-electron chi connectivity index (χ2n) is 5.29. The van der Waals surface area contributed by atoms with Crippen LogP contribution in [0.5, 0.6) is 5.75 Å². The van der Waals surface area contributed by atoms with Gasteiger partial charge in [0.05, 0.1) is 17.1 Å². The molecule has 6 nitrogen and oxygen atoms in total. The van der Waals surface area contributed by atoms with Crippen molar-refractivity contribution in [3.8, 4) is 5.75 Å². The maximum atomic E-state index is 11.4. The van der Waals surface area contributed by atoms with Gasteiger partial charge in [-0.2, -0.15) is 0 Å². The van der Waals surface area contributed by atoms with E-state index in [9.17, 15) is 15.2 Å². The highest BCUT2D eigenvalue weighted by Crippen LogP contribution is 2.38. The first-order valence-electron chi connectivity index (χ1n) is 6.86. The van der Waals surface area contributed by atoms with Crippen molar-refractivity contribution in [2.24, 2.45) is 0 Å². The molecule has 1 fully saturated rings. The molecule has 0 bridgehead atoms. The molecule has 1 aliphatic heterocycles. The summed E-state index contributed by atoms with van der Waals surface area (Å²) >= 11 is 0. The number of rotatable bonds is 4. The van der Waals surface area contributed by atoms with E-state index >= 15 is 0 Å². The molecule has 0 spiro atoms. The normalized spacial score (nSPS) is 19.2. The summed E-state index contributed by atoms with van der Waals surface area (Å²) in [5, 5.41) is 21.1. The number of benzene rings is 1. The van der Waals surface area contributed by atoms with E-state index in [4.69, 9.17) is 4.74 Å². The Balaban J connectivity index is 2.38. The minimum atomic E-state index is -0.432. The monoisotopic (exact) mass is 280 g/mol. The lowest BCUT2D eigenvalue weighted by molar-refractivity contribution is -0.385. The van der Waals surface area contributed by atoms with Crippen LogP contribution in [0.15, 0.2) is 18.2 Å². The highest BCUT2D eigenvalue weighted by Gasteiger charge is 2.28. The average Bonchev–Trinajstić information content (AvgIpc) is 2.37. The molecule has 0 saturated carbocycles. The van der Waals surface area contributed by atoms with Crippen molar-refractivity contribution >= 4 is 11.4 Å². The number of nitro benzene ring substituents is 1. The number of piperidine rings is 1. The summed E-state index contributed by atoms with van der Waals surface area (Å²) < 4.78 is 5.53. The fraction of sp³-hybridized carbons (Fsp3) is 0.571. The number of hydrogen-bond donors (Lipinski definition) is 1. The zero-order chi connectivity index (χ0) is 14.7. The minimum Gasteiger partial charge on any atom is -0.484 e. The van der Waals surface area contributed by atoms with E-state index < -0.39 is 11.0 Å². The molecule has 2 rings (SSSR count). The third kappa shape index (κ3) is 3.19. The molecule has 20 heavy (non-hydrogen) atoms. The van der Waals surface area contributed by atoms with Crippen LogP contribution in [-0.4, -0.2) is 35.3 Å². The van der Waals surface area contributed by atoms with Gasteiger partial charge in [0.25, 0.3) is 0 Å². The number of anilines is 1. The fourth-order valence-corrected chi connectivity index (χ4v) is 2.47. The van der Waals surface area contributed by atoms with Gasteiger partial charge in [-0.1, -0.05) is 6.07 Å². The molecule has 1 saturated heterocycles. The van der Waals surface area contributed by atoms with Crippen LogP contribution in [0.3, 0.4) is 0 Å². The van der Waals surface area contributed by atoms with E-state index in [0.29, 0.717) is 18.8 Å². The summed E-state index contributed by atoms with van der Waals surface area (Å²) in [5.74, 6) is 0.280. The van der Waals surface area contributed by atoms with E-state index in [1.54, 1.807) is 18.2 Å². The van der Waals surface area contributed by atoms with Crippen molar-refractivity contribution in [3.05, 3.63) is 28.3 Å². The molecule has 1 N–H and O–H groups in total. The smallest absolute Gasteiger partial charge is 0.333 e. The molecule has 6 heteroatoms. The molecule has 1 atom stereocenters. The second-order valence-corrected chi connectivity index (χ2v) is 5.29. The van der Waals surface area contributed by atoms with Crippen molar-refractivity contribution in [2.45, 2.75) is 38.9 Å². The van der Waals surface area contributed by atoms with Gasteiger partial charge in [0.2, 0.25) is 0 Å². The fourth-order valence-electron chi connectivity index (χ4n) is 2.47. The Kier molecular flexibility index (Phi) is 4.44. The third-order valence-electron chi connectivity index (χ3n) is 3.26. The van der Waals surface area contributed by atoms with Crippen LogP contribution in [0.2, 0.25) is 0 Å². The van der Waals surface area contributed by atoms with E-state index in [2.05, 4.69) is 0 Å². The van der Waals surface area contributed by atoms with Crippen LogP contribution < -0.4 is 9.64 Å². The lowest BCUT2D eigenvalue weighted by Crippen LogP contribution is -2.38. The third-order valence-corrected chi connectivity index (χ3v) is 3.26. The predicted octanol–water partition coefficient (Wildman–Crippen LogP) is 2.34. The molecular weight excluding hydrogens is 260 g/mol.